The average Bonchev–Trinajstić information content (AvgIpc) is 3.52. The van der Waals surface area contributed by atoms with Crippen LogP contribution in [0.4, 0.5) is 0 Å². The molecule has 9 rings (SSSR count). The number of hydrogen-bond donors (Lipinski definition) is 0. The van der Waals surface area contributed by atoms with Gasteiger partial charge in [-0.3, -0.25) is 8.90 Å². The van der Waals surface area contributed by atoms with Crippen LogP contribution in [0.2, 0.25) is 0 Å². The smallest absolute Gasteiger partial charge is 0.236 e. The maximum absolute atomic E-state index is 16.2. The molecule has 8 aromatic rings. The normalized spacial score (nSPS) is 16.2. The Morgan fingerprint density at radius 2 is 1.02 bits per heavy atom. The first-order chi connectivity index (χ1) is 19.7. The first-order valence-corrected chi connectivity index (χ1v) is 15.2. The summed E-state index contributed by atoms with van der Waals surface area (Å²) in [6, 6.07) is 48.4. The predicted octanol–water partition coefficient (Wildman–Crippen LogP) is 8.65. The van der Waals surface area contributed by atoms with Crippen LogP contribution >= 0.6 is 7.29 Å². The highest BCUT2D eigenvalue weighted by atomic mass is 31.2. The van der Waals surface area contributed by atoms with Gasteiger partial charge >= 0.3 is 0 Å². The number of aromatic nitrogens is 2. The van der Waals surface area contributed by atoms with Gasteiger partial charge in [-0.05, 0) is 47.5 Å². The van der Waals surface area contributed by atoms with Crippen molar-refractivity contribution >= 4 is 61.5 Å². The van der Waals surface area contributed by atoms with Crippen LogP contribution in [0.1, 0.15) is 0 Å². The van der Waals surface area contributed by atoms with E-state index < -0.39 is 7.29 Å². The standard InChI is InChI=1S/C36H23N2OP/c39-40(26-22-20-25(21-23-26)24-10-2-1-3-11-24)34-19-9-15-30-27-12-4-6-16-31(27)37(36(30)34)33-18-8-14-29-28-13-5-7-17-32(28)38(40)35(29)33/h1-23H. The van der Waals surface area contributed by atoms with Crippen molar-refractivity contribution in [2.75, 3.05) is 0 Å². The zero-order valence-corrected chi connectivity index (χ0v) is 22.4. The summed E-state index contributed by atoms with van der Waals surface area (Å²) in [6.07, 6.45) is 0. The van der Waals surface area contributed by atoms with Crippen LogP contribution < -0.4 is 10.6 Å². The molecule has 0 radical (unpaired) electrons. The van der Waals surface area contributed by atoms with Gasteiger partial charge in [0.15, 0.2) is 0 Å². The molecule has 0 spiro atoms. The molecule has 0 bridgehead atoms. The third kappa shape index (κ3) is 2.68. The van der Waals surface area contributed by atoms with E-state index in [-0.39, 0.29) is 0 Å². The van der Waals surface area contributed by atoms with Crippen molar-refractivity contribution in [2.24, 2.45) is 0 Å². The lowest BCUT2D eigenvalue weighted by atomic mass is 10.1. The minimum Gasteiger partial charge on any atom is -0.306 e. The van der Waals surface area contributed by atoms with Gasteiger partial charge in [0.25, 0.3) is 0 Å². The van der Waals surface area contributed by atoms with Crippen LogP contribution in [-0.2, 0) is 4.57 Å². The molecule has 3 nitrogen and oxygen atoms in total. The summed E-state index contributed by atoms with van der Waals surface area (Å²) in [4.78, 5) is 0. The molecular formula is C36H23N2OP. The number of benzene rings is 6. The van der Waals surface area contributed by atoms with E-state index in [4.69, 9.17) is 0 Å². The van der Waals surface area contributed by atoms with Gasteiger partial charge in [0, 0.05) is 26.8 Å². The van der Waals surface area contributed by atoms with E-state index >= 15 is 4.57 Å². The molecule has 0 fully saturated rings. The summed E-state index contributed by atoms with van der Waals surface area (Å²) in [5, 5.41) is 6.23. The molecule has 6 aromatic carbocycles. The van der Waals surface area contributed by atoms with Crippen LogP contribution in [0, 0.1) is 0 Å². The van der Waals surface area contributed by atoms with Crippen LogP contribution in [0.15, 0.2) is 140 Å². The Bertz CT molecular complexity index is 2340. The SMILES string of the molecule is O=P1(c2ccc(-c3ccccc3)cc2)c2cccc3c4ccccc4n(c23)-c2cccc3c4ccccc4n1c23. The molecule has 0 aliphatic carbocycles. The number of hydrogen-bond acceptors (Lipinski definition) is 1. The van der Waals surface area contributed by atoms with E-state index in [1.165, 1.54) is 5.39 Å². The summed E-state index contributed by atoms with van der Waals surface area (Å²) >= 11 is 0. The molecule has 1 atom stereocenters. The monoisotopic (exact) mass is 530 g/mol. The molecule has 1 unspecified atom stereocenters. The van der Waals surface area contributed by atoms with Crippen molar-refractivity contribution in [1.82, 2.24) is 8.90 Å². The molecule has 4 heteroatoms. The Kier molecular flexibility index (Phi) is 4.32. The molecule has 1 aliphatic rings. The van der Waals surface area contributed by atoms with Gasteiger partial charge in [0.2, 0.25) is 7.29 Å². The number of nitrogens with zero attached hydrogens (tertiary/aromatic N) is 2. The topological polar surface area (TPSA) is 26.9 Å². The van der Waals surface area contributed by atoms with Crippen molar-refractivity contribution in [2.45, 2.75) is 0 Å². The Labute approximate surface area is 231 Å². The highest BCUT2D eigenvalue weighted by Gasteiger charge is 2.39. The van der Waals surface area contributed by atoms with Gasteiger partial charge < -0.3 is 4.57 Å². The van der Waals surface area contributed by atoms with Crippen molar-refractivity contribution in [3.05, 3.63) is 140 Å². The average molecular weight is 531 g/mol. The van der Waals surface area contributed by atoms with Crippen LogP contribution in [0.25, 0.3) is 60.4 Å². The van der Waals surface area contributed by atoms with Crippen molar-refractivity contribution in [3.63, 3.8) is 0 Å². The second-order valence-electron chi connectivity index (χ2n) is 10.5. The van der Waals surface area contributed by atoms with Crippen molar-refractivity contribution < 1.29 is 4.57 Å². The predicted molar refractivity (Wildman–Crippen MR) is 168 cm³/mol. The lowest BCUT2D eigenvalue weighted by Crippen LogP contribution is -2.22. The Morgan fingerprint density at radius 3 is 1.80 bits per heavy atom. The van der Waals surface area contributed by atoms with Crippen LogP contribution in [-0.4, -0.2) is 8.90 Å². The van der Waals surface area contributed by atoms with Crippen molar-refractivity contribution in [1.29, 1.82) is 0 Å². The lowest BCUT2D eigenvalue weighted by molar-refractivity contribution is 0.584. The van der Waals surface area contributed by atoms with Crippen LogP contribution in [0.3, 0.4) is 0 Å². The molecule has 0 N–H and O–H groups in total. The molecule has 0 amide bonds. The number of rotatable bonds is 2. The lowest BCUT2D eigenvalue weighted by Gasteiger charge is -2.23. The summed E-state index contributed by atoms with van der Waals surface area (Å²) in [5.41, 5.74) is 7.48. The maximum atomic E-state index is 16.2. The fraction of sp³-hybridized carbons (Fsp3) is 0. The van der Waals surface area contributed by atoms with E-state index in [2.05, 4.69) is 136 Å². The molecule has 188 valence electrons. The third-order valence-corrected chi connectivity index (χ3v) is 11.5. The van der Waals surface area contributed by atoms with Gasteiger partial charge in [-0.25, -0.2) is 0 Å². The molecule has 40 heavy (non-hydrogen) atoms. The van der Waals surface area contributed by atoms with E-state index in [9.17, 15) is 0 Å². The summed E-state index contributed by atoms with van der Waals surface area (Å²) in [6.45, 7) is 0. The zero-order valence-electron chi connectivity index (χ0n) is 21.5. The summed E-state index contributed by atoms with van der Waals surface area (Å²) in [5.74, 6) is 0. The largest absolute Gasteiger partial charge is 0.306 e. The Hall–Kier alpha value is -4.85. The van der Waals surface area contributed by atoms with Gasteiger partial charge in [-0.2, -0.15) is 0 Å². The Morgan fingerprint density at radius 1 is 0.450 bits per heavy atom. The quantitative estimate of drug-likeness (QED) is 0.206. The van der Waals surface area contributed by atoms with E-state index in [0.717, 1.165) is 65.6 Å². The fourth-order valence-electron chi connectivity index (χ4n) is 6.79. The molecule has 0 saturated carbocycles. The zero-order chi connectivity index (χ0) is 26.4. The molecular weight excluding hydrogens is 507 g/mol. The third-order valence-electron chi connectivity index (χ3n) is 8.50. The van der Waals surface area contributed by atoms with Gasteiger partial charge in [-0.15, -0.1) is 0 Å². The highest BCUT2D eigenvalue weighted by molar-refractivity contribution is 7.78. The summed E-state index contributed by atoms with van der Waals surface area (Å²) in [7, 11) is -3.39. The number of fused-ring (bicyclic) bond motifs is 7. The van der Waals surface area contributed by atoms with E-state index in [1.807, 2.05) is 12.1 Å². The highest BCUT2D eigenvalue weighted by Crippen LogP contribution is 2.56. The van der Waals surface area contributed by atoms with Gasteiger partial charge in [0.1, 0.15) is 0 Å². The van der Waals surface area contributed by atoms with Gasteiger partial charge in [-0.1, -0.05) is 103 Å². The first-order valence-electron chi connectivity index (χ1n) is 13.6. The maximum Gasteiger partial charge on any atom is 0.236 e. The summed E-state index contributed by atoms with van der Waals surface area (Å²) < 4.78 is 20.7. The second kappa shape index (κ2) is 7.85. The Balaban J connectivity index is 1.50. The molecule has 1 aliphatic heterocycles. The minimum absolute atomic E-state index is 0.829. The number of para-hydroxylation sites is 4. The first kappa shape index (κ1) is 22.0. The van der Waals surface area contributed by atoms with Crippen molar-refractivity contribution in [3.8, 4) is 16.8 Å². The van der Waals surface area contributed by atoms with Crippen LogP contribution in [0.5, 0.6) is 0 Å². The van der Waals surface area contributed by atoms with E-state index in [0.29, 0.717) is 0 Å². The van der Waals surface area contributed by atoms with E-state index in [1.54, 1.807) is 0 Å². The molecule has 0 saturated heterocycles. The fourth-order valence-corrected chi connectivity index (χ4v) is 9.84. The minimum atomic E-state index is -3.39. The molecule has 2 aromatic heterocycles. The second-order valence-corrected chi connectivity index (χ2v) is 13.1. The molecule has 3 heterocycles. The van der Waals surface area contributed by atoms with Gasteiger partial charge in [0.05, 0.1) is 33.1 Å².